The van der Waals surface area contributed by atoms with Crippen LogP contribution in [0.1, 0.15) is 26.2 Å². The fourth-order valence-corrected chi connectivity index (χ4v) is 1.90. The van der Waals surface area contributed by atoms with Gasteiger partial charge in [-0.25, -0.2) is 12.7 Å². The predicted molar refractivity (Wildman–Crippen MR) is 49.4 cm³/mol. The van der Waals surface area contributed by atoms with E-state index >= 15 is 0 Å². The van der Waals surface area contributed by atoms with E-state index in [1.807, 2.05) is 0 Å². The minimum absolute atomic E-state index is 0.317. The van der Waals surface area contributed by atoms with Crippen LogP contribution in [0.5, 0.6) is 0 Å². The number of hydrogen-bond donors (Lipinski definition) is 0. The average molecular weight is 191 g/mol. The van der Waals surface area contributed by atoms with Crippen LogP contribution in [0.15, 0.2) is 0 Å². The molecule has 4 heteroatoms. The van der Waals surface area contributed by atoms with Gasteiger partial charge in [-0.1, -0.05) is 6.92 Å². The molecule has 0 atom stereocenters. The summed E-state index contributed by atoms with van der Waals surface area (Å²) in [7, 11) is -1.31. The summed E-state index contributed by atoms with van der Waals surface area (Å²) in [5, 5.41) is 0. The Morgan fingerprint density at radius 2 is 1.92 bits per heavy atom. The molecule has 0 aliphatic heterocycles. The van der Waals surface area contributed by atoms with Crippen molar-refractivity contribution in [2.75, 3.05) is 19.8 Å². The molecule has 72 valence electrons. The maximum atomic E-state index is 11.1. The van der Waals surface area contributed by atoms with Gasteiger partial charge in [0.05, 0.1) is 6.26 Å². The summed E-state index contributed by atoms with van der Waals surface area (Å²) >= 11 is 0. The van der Waals surface area contributed by atoms with Crippen LogP contribution in [0, 0.1) is 5.41 Å². The molecule has 0 spiro atoms. The number of sulfonamides is 1. The summed E-state index contributed by atoms with van der Waals surface area (Å²) in [5.41, 5.74) is 0.317. The topological polar surface area (TPSA) is 37.4 Å². The summed E-state index contributed by atoms with van der Waals surface area (Å²) in [6, 6.07) is 0. The molecule has 0 radical (unpaired) electrons. The fraction of sp³-hybridized carbons (Fsp3) is 1.00. The standard InChI is InChI=1S/C8H17NO2S/c1-4-8(5-6-8)7-9(2)12(3,10)11/h4-7H2,1-3H3. The molecule has 0 unspecified atom stereocenters. The third kappa shape index (κ3) is 2.20. The molecule has 0 aromatic rings. The lowest BCUT2D eigenvalue weighted by atomic mass is 10.0. The number of rotatable bonds is 4. The van der Waals surface area contributed by atoms with Gasteiger partial charge >= 0.3 is 0 Å². The lowest BCUT2D eigenvalue weighted by molar-refractivity contribution is 0.359. The van der Waals surface area contributed by atoms with E-state index in [0.717, 1.165) is 6.42 Å². The van der Waals surface area contributed by atoms with Crippen LogP contribution in [0.25, 0.3) is 0 Å². The Hall–Kier alpha value is -0.0900. The van der Waals surface area contributed by atoms with E-state index in [2.05, 4.69) is 6.92 Å². The Labute approximate surface area is 74.8 Å². The molecule has 0 aromatic carbocycles. The molecule has 12 heavy (non-hydrogen) atoms. The van der Waals surface area contributed by atoms with Crippen molar-refractivity contribution >= 4 is 10.0 Å². The second-order valence-electron chi connectivity index (χ2n) is 3.87. The molecule has 1 rings (SSSR count). The van der Waals surface area contributed by atoms with Crippen LogP contribution < -0.4 is 0 Å². The van der Waals surface area contributed by atoms with Crippen LogP contribution in [0.3, 0.4) is 0 Å². The van der Waals surface area contributed by atoms with E-state index in [-0.39, 0.29) is 0 Å². The average Bonchev–Trinajstić information content (AvgIpc) is 2.67. The van der Waals surface area contributed by atoms with Crippen LogP contribution in [-0.2, 0) is 10.0 Å². The lowest BCUT2D eigenvalue weighted by Gasteiger charge is -2.20. The zero-order valence-electron chi connectivity index (χ0n) is 8.00. The van der Waals surface area contributed by atoms with Crippen LogP contribution in [-0.4, -0.2) is 32.6 Å². The van der Waals surface area contributed by atoms with E-state index in [9.17, 15) is 8.42 Å². The van der Waals surface area contributed by atoms with Gasteiger partial charge in [-0.2, -0.15) is 0 Å². The highest BCUT2D eigenvalue weighted by Crippen LogP contribution is 2.49. The monoisotopic (exact) mass is 191 g/mol. The van der Waals surface area contributed by atoms with E-state index in [4.69, 9.17) is 0 Å². The Morgan fingerprint density at radius 1 is 1.42 bits per heavy atom. The zero-order chi connectivity index (χ0) is 9.41. The number of hydrogen-bond acceptors (Lipinski definition) is 2. The van der Waals surface area contributed by atoms with Crippen molar-refractivity contribution in [1.82, 2.24) is 4.31 Å². The molecule has 1 saturated carbocycles. The third-order valence-electron chi connectivity index (χ3n) is 2.83. The van der Waals surface area contributed by atoms with Gasteiger partial charge in [0.15, 0.2) is 0 Å². The van der Waals surface area contributed by atoms with Gasteiger partial charge in [-0.05, 0) is 24.7 Å². The minimum Gasteiger partial charge on any atom is -0.213 e. The first kappa shape index (κ1) is 9.99. The van der Waals surface area contributed by atoms with Crippen molar-refractivity contribution in [3.8, 4) is 0 Å². The second-order valence-corrected chi connectivity index (χ2v) is 5.96. The van der Waals surface area contributed by atoms with Gasteiger partial charge in [-0.3, -0.25) is 0 Å². The van der Waals surface area contributed by atoms with Crippen molar-refractivity contribution in [3.05, 3.63) is 0 Å². The SMILES string of the molecule is CCC1(CN(C)S(C)(=O)=O)CC1. The van der Waals surface area contributed by atoms with Gasteiger partial charge in [0.25, 0.3) is 0 Å². The summed E-state index contributed by atoms with van der Waals surface area (Å²) in [4.78, 5) is 0. The van der Waals surface area contributed by atoms with Gasteiger partial charge in [0, 0.05) is 13.6 Å². The van der Waals surface area contributed by atoms with Crippen LogP contribution >= 0.6 is 0 Å². The Balaban J connectivity index is 2.52. The predicted octanol–water partition coefficient (Wildman–Crippen LogP) is 1.07. The Morgan fingerprint density at radius 3 is 2.17 bits per heavy atom. The highest BCUT2D eigenvalue weighted by molar-refractivity contribution is 7.88. The molecule has 0 saturated heterocycles. The molecular formula is C8H17NO2S. The van der Waals surface area contributed by atoms with E-state index in [1.54, 1.807) is 7.05 Å². The first-order valence-corrected chi connectivity index (χ1v) is 6.16. The molecule has 0 bridgehead atoms. The molecule has 1 aliphatic rings. The molecular weight excluding hydrogens is 174 g/mol. The Bertz CT molecular complexity index is 254. The first-order valence-electron chi connectivity index (χ1n) is 4.31. The lowest BCUT2D eigenvalue weighted by Crippen LogP contribution is -2.31. The first-order chi connectivity index (χ1) is 5.40. The van der Waals surface area contributed by atoms with Crippen molar-refractivity contribution < 1.29 is 8.42 Å². The highest BCUT2D eigenvalue weighted by Gasteiger charge is 2.42. The summed E-state index contributed by atoms with van der Waals surface area (Å²) in [6.07, 6.45) is 4.72. The van der Waals surface area contributed by atoms with Gasteiger partial charge in [0.2, 0.25) is 10.0 Å². The normalized spacial score (nSPS) is 21.3. The molecule has 0 N–H and O–H groups in total. The van der Waals surface area contributed by atoms with Gasteiger partial charge in [0.1, 0.15) is 0 Å². The number of nitrogens with zero attached hydrogens (tertiary/aromatic N) is 1. The summed E-state index contributed by atoms with van der Waals surface area (Å²) in [6.45, 7) is 2.82. The summed E-state index contributed by atoms with van der Waals surface area (Å²) < 4.78 is 23.6. The highest BCUT2D eigenvalue weighted by atomic mass is 32.2. The van der Waals surface area contributed by atoms with Crippen molar-refractivity contribution in [1.29, 1.82) is 0 Å². The third-order valence-corrected chi connectivity index (χ3v) is 4.09. The van der Waals surface area contributed by atoms with Crippen molar-refractivity contribution in [2.24, 2.45) is 5.41 Å². The molecule has 1 aliphatic carbocycles. The van der Waals surface area contributed by atoms with Crippen molar-refractivity contribution in [3.63, 3.8) is 0 Å². The van der Waals surface area contributed by atoms with E-state index in [0.29, 0.717) is 12.0 Å². The molecule has 3 nitrogen and oxygen atoms in total. The summed E-state index contributed by atoms with van der Waals surface area (Å²) in [5.74, 6) is 0. The minimum atomic E-state index is -2.97. The molecule has 0 heterocycles. The zero-order valence-corrected chi connectivity index (χ0v) is 8.82. The largest absolute Gasteiger partial charge is 0.213 e. The fourth-order valence-electron chi connectivity index (χ4n) is 1.39. The van der Waals surface area contributed by atoms with Crippen molar-refractivity contribution in [2.45, 2.75) is 26.2 Å². The Kier molecular flexibility index (Phi) is 2.50. The molecule has 1 fully saturated rings. The maximum absolute atomic E-state index is 11.1. The van der Waals surface area contributed by atoms with E-state index < -0.39 is 10.0 Å². The molecule has 0 amide bonds. The second kappa shape index (κ2) is 3.00. The van der Waals surface area contributed by atoms with Gasteiger partial charge in [-0.15, -0.1) is 0 Å². The smallest absolute Gasteiger partial charge is 0.210 e. The van der Waals surface area contributed by atoms with E-state index in [1.165, 1.54) is 23.4 Å². The van der Waals surface area contributed by atoms with Crippen LogP contribution in [0.2, 0.25) is 0 Å². The quantitative estimate of drug-likeness (QED) is 0.666. The van der Waals surface area contributed by atoms with Gasteiger partial charge < -0.3 is 0 Å². The molecule has 0 aromatic heterocycles. The maximum Gasteiger partial charge on any atom is 0.210 e. The van der Waals surface area contributed by atoms with Crippen LogP contribution in [0.4, 0.5) is 0 Å².